The first-order chi connectivity index (χ1) is 11.0. The second-order valence-electron chi connectivity index (χ2n) is 5.07. The van der Waals surface area contributed by atoms with Crippen LogP contribution in [0, 0.1) is 11.6 Å². The fourth-order valence-corrected chi connectivity index (χ4v) is 2.66. The molecule has 1 heterocycles. The molecular formula is C16H11BrF2N2O2. The van der Waals surface area contributed by atoms with Gasteiger partial charge in [0.1, 0.15) is 6.04 Å². The molecule has 1 saturated heterocycles. The molecule has 2 aromatic carbocycles. The number of carbonyl (C=O) groups is 2. The molecule has 118 valence electrons. The maximum Gasteiger partial charge on any atom is 0.256 e. The fraction of sp³-hybridized carbons (Fsp3) is 0.125. The van der Waals surface area contributed by atoms with Gasteiger partial charge in [-0.25, -0.2) is 13.7 Å². The van der Waals surface area contributed by atoms with Crippen molar-refractivity contribution in [1.82, 2.24) is 0 Å². The summed E-state index contributed by atoms with van der Waals surface area (Å²) in [6, 6.07) is 9.19. The lowest BCUT2D eigenvalue weighted by molar-refractivity contribution is -0.121. The lowest BCUT2D eigenvalue weighted by atomic mass is 10.2. The van der Waals surface area contributed by atoms with Gasteiger partial charge in [-0.1, -0.05) is 15.9 Å². The molecule has 0 unspecified atom stereocenters. The number of anilines is 2. The minimum atomic E-state index is -1.02. The van der Waals surface area contributed by atoms with Crippen LogP contribution in [-0.2, 0) is 9.59 Å². The summed E-state index contributed by atoms with van der Waals surface area (Å²) >= 11 is 3.29. The molecular weight excluding hydrogens is 370 g/mol. The lowest BCUT2D eigenvalue weighted by Crippen LogP contribution is -2.34. The molecule has 1 N–H and O–H groups in total. The van der Waals surface area contributed by atoms with Crippen LogP contribution >= 0.6 is 15.9 Å². The number of rotatable bonds is 3. The summed E-state index contributed by atoms with van der Waals surface area (Å²) in [6.45, 7) is 0. The highest BCUT2D eigenvalue weighted by Crippen LogP contribution is 2.26. The third kappa shape index (κ3) is 3.10. The van der Waals surface area contributed by atoms with E-state index in [1.807, 2.05) is 0 Å². The van der Waals surface area contributed by atoms with Gasteiger partial charge in [-0.15, -0.1) is 0 Å². The minimum absolute atomic E-state index is 0.0477. The van der Waals surface area contributed by atoms with Crippen LogP contribution in [0.4, 0.5) is 20.2 Å². The summed E-state index contributed by atoms with van der Waals surface area (Å²) in [5.41, 5.74) is 0.713. The topological polar surface area (TPSA) is 49.4 Å². The first kappa shape index (κ1) is 15.6. The molecule has 7 heteroatoms. The van der Waals surface area contributed by atoms with Crippen molar-refractivity contribution in [3.8, 4) is 0 Å². The lowest BCUT2D eigenvalue weighted by Gasteiger charge is -2.16. The van der Waals surface area contributed by atoms with E-state index in [4.69, 9.17) is 0 Å². The number of imide groups is 1. The van der Waals surface area contributed by atoms with Crippen molar-refractivity contribution < 1.29 is 18.4 Å². The third-order valence-electron chi connectivity index (χ3n) is 3.49. The van der Waals surface area contributed by atoms with Gasteiger partial charge in [0.15, 0.2) is 11.6 Å². The van der Waals surface area contributed by atoms with E-state index in [1.165, 1.54) is 6.07 Å². The van der Waals surface area contributed by atoms with E-state index >= 15 is 0 Å². The van der Waals surface area contributed by atoms with Crippen LogP contribution in [0.25, 0.3) is 0 Å². The molecule has 0 aromatic heterocycles. The molecule has 3 rings (SSSR count). The summed E-state index contributed by atoms with van der Waals surface area (Å²) in [5.74, 6) is -2.77. The van der Waals surface area contributed by atoms with Crippen molar-refractivity contribution in [2.75, 3.05) is 10.2 Å². The number of carbonyl (C=O) groups excluding carboxylic acids is 2. The summed E-state index contributed by atoms with van der Waals surface area (Å²) in [6.07, 6.45) is -0.0477. The Morgan fingerprint density at radius 3 is 2.39 bits per heavy atom. The molecule has 0 saturated carbocycles. The molecule has 4 nitrogen and oxygen atoms in total. The maximum atomic E-state index is 13.2. The van der Waals surface area contributed by atoms with Crippen LogP contribution in [-0.4, -0.2) is 17.9 Å². The van der Waals surface area contributed by atoms with Crippen LogP contribution in [0.3, 0.4) is 0 Å². The first-order valence-corrected chi connectivity index (χ1v) is 7.59. The molecule has 0 bridgehead atoms. The largest absolute Gasteiger partial charge is 0.373 e. The van der Waals surface area contributed by atoms with Gasteiger partial charge in [0, 0.05) is 16.2 Å². The Bertz CT molecular complexity index is 780. The molecule has 1 fully saturated rings. The molecule has 0 aliphatic carbocycles. The van der Waals surface area contributed by atoms with Gasteiger partial charge in [-0.2, -0.15) is 0 Å². The van der Waals surface area contributed by atoms with Crippen LogP contribution in [0.5, 0.6) is 0 Å². The highest BCUT2D eigenvalue weighted by Gasteiger charge is 2.39. The minimum Gasteiger partial charge on any atom is -0.373 e. The summed E-state index contributed by atoms with van der Waals surface area (Å²) in [4.78, 5) is 25.6. The summed E-state index contributed by atoms with van der Waals surface area (Å²) < 4.78 is 27.0. The van der Waals surface area contributed by atoms with E-state index in [1.54, 1.807) is 24.3 Å². The zero-order chi connectivity index (χ0) is 16.6. The van der Waals surface area contributed by atoms with E-state index in [0.29, 0.717) is 5.69 Å². The van der Waals surface area contributed by atoms with Gasteiger partial charge in [0.05, 0.1) is 12.1 Å². The third-order valence-corrected chi connectivity index (χ3v) is 4.02. The molecule has 23 heavy (non-hydrogen) atoms. The van der Waals surface area contributed by atoms with Crippen LogP contribution in [0.2, 0.25) is 0 Å². The van der Waals surface area contributed by atoms with Crippen molar-refractivity contribution in [2.24, 2.45) is 0 Å². The van der Waals surface area contributed by atoms with Crippen LogP contribution < -0.4 is 10.2 Å². The maximum absolute atomic E-state index is 13.2. The van der Waals surface area contributed by atoms with Crippen molar-refractivity contribution in [1.29, 1.82) is 0 Å². The number of hydrogen-bond donors (Lipinski definition) is 1. The quantitative estimate of drug-likeness (QED) is 0.829. The molecule has 1 aliphatic rings. The monoisotopic (exact) mass is 380 g/mol. The number of nitrogens with zero attached hydrogens (tertiary/aromatic N) is 1. The van der Waals surface area contributed by atoms with Crippen LogP contribution in [0.1, 0.15) is 6.42 Å². The van der Waals surface area contributed by atoms with Gasteiger partial charge < -0.3 is 5.32 Å². The average molecular weight is 381 g/mol. The van der Waals surface area contributed by atoms with Crippen molar-refractivity contribution in [3.63, 3.8) is 0 Å². The standard InChI is InChI=1S/C16H11BrF2N2O2/c17-9-1-4-11(5-2-9)21-15(22)8-14(16(21)23)20-10-3-6-12(18)13(19)7-10/h1-7,14,20H,8H2/t14-/m0/s1. The molecule has 2 amide bonds. The molecule has 1 atom stereocenters. The highest BCUT2D eigenvalue weighted by atomic mass is 79.9. The smallest absolute Gasteiger partial charge is 0.256 e. The first-order valence-electron chi connectivity index (χ1n) is 6.79. The van der Waals surface area contributed by atoms with Gasteiger partial charge in [0.2, 0.25) is 5.91 Å². The number of benzene rings is 2. The van der Waals surface area contributed by atoms with Gasteiger partial charge in [0.25, 0.3) is 5.91 Å². The summed E-state index contributed by atoms with van der Waals surface area (Å²) in [5, 5.41) is 2.77. The van der Waals surface area contributed by atoms with E-state index in [-0.39, 0.29) is 18.0 Å². The van der Waals surface area contributed by atoms with E-state index < -0.39 is 23.6 Å². The average Bonchev–Trinajstić information content (AvgIpc) is 2.79. The Balaban J connectivity index is 1.80. The zero-order valence-electron chi connectivity index (χ0n) is 11.7. The second-order valence-corrected chi connectivity index (χ2v) is 5.99. The normalized spacial score (nSPS) is 17.7. The van der Waals surface area contributed by atoms with Gasteiger partial charge in [-0.05, 0) is 36.4 Å². The van der Waals surface area contributed by atoms with Gasteiger partial charge in [-0.3, -0.25) is 9.59 Å². The van der Waals surface area contributed by atoms with Gasteiger partial charge >= 0.3 is 0 Å². The number of hydrogen-bond acceptors (Lipinski definition) is 3. The Morgan fingerprint density at radius 2 is 1.74 bits per heavy atom. The van der Waals surface area contributed by atoms with E-state index in [9.17, 15) is 18.4 Å². The molecule has 0 spiro atoms. The van der Waals surface area contributed by atoms with E-state index in [2.05, 4.69) is 21.2 Å². The molecule has 1 aliphatic heterocycles. The number of amides is 2. The summed E-state index contributed by atoms with van der Waals surface area (Å²) in [7, 11) is 0. The van der Waals surface area contributed by atoms with E-state index in [0.717, 1.165) is 21.5 Å². The SMILES string of the molecule is O=C1C[C@H](Nc2ccc(F)c(F)c2)C(=O)N1c1ccc(Br)cc1. The zero-order valence-corrected chi connectivity index (χ0v) is 13.3. The highest BCUT2D eigenvalue weighted by molar-refractivity contribution is 9.10. The van der Waals surface area contributed by atoms with Crippen molar-refractivity contribution in [3.05, 3.63) is 58.6 Å². The second kappa shape index (κ2) is 6.08. The predicted molar refractivity (Wildman–Crippen MR) is 85.0 cm³/mol. The molecule has 2 aromatic rings. The fourth-order valence-electron chi connectivity index (χ4n) is 2.39. The number of nitrogens with one attached hydrogen (secondary N) is 1. The Morgan fingerprint density at radius 1 is 1.04 bits per heavy atom. The van der Waals surface area contributed by atoms with Crippen molar-refractivity contribution in [2.45, 2.75) is 12.5 Å². The Hall–Kier alpha value is -2.28. The molecule has 0 radical (unpaired) electrons. The predicted octanol–water partition coefficient (Wildman–Crippen LogP) is 3.47. The number of halogens is 3. The van der Waals surface area contributed by atoms with Crippen LogP contribution in [0.15, 0.2) is 46.9 Å². The Labute approximate surface area is 139 Å². The van der Waals surface area contributed by atoms with Crippen molar-refractivity contribution >= 4 is 39.1 Å². The Kier molecular flexibility index (Phi) is 4.12.